The van der Waals surface area contributed by atoms with Crippen molar-refractivity contribution in [3.05, 3.63) is 59.9 Å². The summed E-state index contributed by atoms with van der Waals surface area (Å²) in [6.07, 6.45) is 1.49. The van der Waals surface area contributed by atoms with E-state index in [1.54, 1.807) is 30.3 Å². The van der Waals surface area contributed by atoms with E-state index in [4.69, 9.17) is 5.11 Å². The van der Waals surface area contributed by atoms with Gasteiger partial charge in [-0.2, -0.15) is 0 Å². The molecule has 0 fully saturated rings. The van der Waals surface area contributed by atoms with Crippen molar-refractivity contribution in [1.82, 2.24) is 9.29 Å². The summed E-state index contributed by atoms with van der Waals surface area (Å²) in [6, 6.07) is 10.9. The second kappa shape index (κ2) is 7.32. The Labute approximate surface area is 145 Å². The Bertz CT molecular complexity index is 910. The van der Waals surface area contributed by atoms with Gasteiger partial charge in [-0.25, -0.2) is 13.4 Å². The topological polar surface area (TPSA) is 120 Å². The van der Waals surface area contributed by atoms with Crippen molar-refractivity contribution in [1.29, 1.82) is 0 Å². The molecule has 0 spiro atoms. The van der Waals surface area contributed by atoms with Crippen LogP contribution in [0.4, 0.5) is 5.82 Å². The van der Waals surface area contributed by atoms with Crippen LogP contribution in [0, 0.1) is 0 Å². The minimum atomic E-state index is -3.91. The summed E-state index contributed by atoms with van der Waals surface area (Å²) in [7, 11) is -1.69. The zero-order valence-electron chi connectivity index (χ0n) is 13.5. The molecule has 8 nitrogen and oxygen atoms in total. The number of hydrogen-bond donors (Lipinski definition) is 3. The molecule has 2 heterocycles. The van der Waals surface area contributed by atoms with Crippen molar-refractivity contribution in [2.24, 2.45) is 0 Å². The number of rotatable bonds is 2. The summed E-state index contributed by atoms with van der Waals surface area (Å²) in [5.41, 5.74) is -0.258. The van der Waals surface area contributed by atoms with Gasteiger partial charge >= 0.3 is 0 Å². The molecule has 1 aliphatic rings. The van der Waals surface area contributed by atoms with Crippen molar-refractivity contribution in [2.45, 2.75) is 4.90 Å². The van der Waals surface area contributed by atoms with E-state index in [0.717, 1.165) is 11.4 Å². The summed E-state index contributed by atoms with van der Waals surface area (Å²) in [5, 5.41) is 19.8. The Morgan fingerprint density at radius 1 is 1.12 bits per heavy atom. The number of carbonyl (C=O) groups excluding carboxylic acids is 1. The van der Waals surface area contributed by atoms with E-state index in [-0.39, 0.29) is 22.0 Å². The van der Waals surface area contributed by atoms with Crippen molar-refractivity contribution in [3.63, 3.8) is 0 Å². The lowest BCUT2D eigenvalue weighted by Gasteiger charge is -2.28. The monoisotopic (exact) mass is 363 g/mol. The summed E-state index contributed by atoms with van der Waals surface area (Å²) in [4.78, 5) is 16.3. The van der Waals surface area contributed by atoms with Gasteiger partial charge in [0.15, 0.2) is 11.5 Å². The predicted octanol–water partition coefficient (Wildman–Crippen LogP) is 1.19. The Hall–Kier alpha value is -2.91. The first kappa shape index (κ1) is 18.4. The molecule has 2 aromatic rings. The van der Waals surface area contributed by atoms with Crippen LogP contribution in [0.2, 0.25) is 0 Å². The standard InChI is InChI=1S/C15H13N3O4S.CH4O/c1-18-13(15(20)17-12-8-4-5-9-16-12)14(19)10-6-2-3-7-11(10)23(18,21)22;1-2/h2-9,19H,1H3,(H,16,17,20);2H,1H3. The first-order valence-corrected chi connectivity index (χ1v) is 8.55. The van der Waals surface area contributed by atoms with Crippen LogP contribution in [0.15, 0.2) is 59.3 Å². The van der Waals surface area contributed by atoms with Crippen LogP contribution in [0.1, 0.15) is 5.56 Å². The second-order valence-electron chi connectivity index (χ2n) is 4.84. The van der Waals surface area contributed by atoms with Gasteiger partial charge in [0.2, 0.25) is 0 Å². The quantitative estimate of drug-likeness (QED) is 0.737. The molecular weight excluding hydrogens is 346 g/mol. The fraction of sp³-hybridized carbons (Fsp3) is 0.125. The first-order chi connectivity index (χ1) is 11.9. The first-order valence-electron chi connectivity index (χ1n) is 7.11. The van der Waals surface area contributed by atoms with Crippen LogP contribution in [0.25, 0.3) is 5.76 Å². The zero-order valence-corrected chi connectivity index (χ0v) is 14.4. The highest BCUT2D eigenvalue weighted by atomic mass is 32.2. The van der Waals surface area contributed by atoms with Crippen molar-refractivity contribution < 1.29 is 23.4 Å². The van der Waals surface area contributed by atoms with E-state index in [0.29, 0.717) is 0 Å². The van der Waals surface area contributed by atoms with Crippen LogP contribution >= 0.6 is 0 Å². The summed E-state index contributed by atoms with van der Waals surface area (Å²) in [5.74, 6) is -0.907. The van der Waals surface area contributed by atoms with Gasteiger partial charge in [-0.15, -0.1) is 0 Å². The van der Waals surface area contributed by atoms with Gasteiger partial charge < -0.3 is 15.5 Å². The highest BCUT2D eigenvalue weighted by Crippen LogP contribution is 2.34. The third-order valence-electron chi connectivity index (χ3n) is 3.44. The van der Waals surface area contributed by atoms with E-state index in [1.807, 2.05) is 0 Å². The molecule has 3 N–H and O–H groups in total. The number of fused-ring (bicyclic) bond motifs is 1. The Morgan fingerprint density at radius 3 is 2.40 bits per heavy atom. The van der Waals surface area contributed by atoms with Crippen LogP contribution in [0.3, 0.4) is 0 Å². The third kappa shape index (κ3) is 3.32. The van der Waals surface area contributed by atoms with Gasteiger partial charge in [-0.3, -0.25) is 9.10 Å². The number of aliphatic hydroxyl groups excluding tert-OH is 2. The average Bonchev–Trinajstić information content (AvgIpc) is 2.63. The fourth-order valence-corrected chi connectivity index (χ4v) is 3.69. The maximum absolute atomic E-state index is 12.5. The molecule has 1 amide bonds. The normalized spacial score (nSPS) is 14.9. The van der Waals surface area contributed by atoms with E-state index in [9.17, 15) is 18.3 Å². The average molecular weight is 363 g/mol. The minimum absolute atomic E-state index is 0.0469. The SMILES string of the molecule is CN1C(C(=O)Nc2ccccn2)=C(O)c2ccccc2S1(=O)=O.CO. The number of sulfonamides is 1. The maximum atomic E-state index is 12.5. The molecule has 0 atom stereocenters. The number of hydrogen-bond acceptors (Lipinski definition) is 6. The molecule has 132 valence electrons. The van der Waals surface area contributed by atoms with Crippen LogP contribution in [0.5, 0.6) is 0 Å². The number of amides is 1. The fourth-order valence-electron chi connectivity index (χ4n) is 2.29. The molecule has 9 heteroatoms. The number of likely N-dealkylation sites (N-methyl/N-ethyl adjacent to an activating group) is 1. The van der Waals surface area contributed by atoms with Crippen LogP contribution in [-0.4, -0.2) is 48.0 Å². The summed E-state index contributed by atoms with van der Waals surface area (Å²) < 4.78 is 25.8. The number of carbonyl (C=O) groups is 1. The lowest BCUT2D eigenvalue weighted by atomic mass is 10.1. The van der Waals surface area contributed by atoms with Gasteiger partial charge in [0.1, 0.15) is 5.82 Å². The lowest BCUT2D eigenvalue weighted by Crippen LogP contribution is -2.37. The maximum Gasteiger partial charge on any atom is 0.277 e. The molecule has 0 unspecified atom stereocenters. The largest absolute Gasteiger partial charge is 0.505 e. The molecule has 25 heavy (non-hydrogen) atoms. The number of pyridine rings is 1. The van der Waals surface area contributed by atoms with Gasteiger partial charge in [0.05, 0.1) is 4.90 Å². The Balaban J connectivity index is 0.00000109. The molecule has 1 aromatic heterocycles. The van der Waals surface area contributed by atoms with Gasteiger partial charge in [-0.1, -0.05) is 18.2 Å². The number of anilines is 1. The molecule has 0 saturated heterocycles. The summed E-state index contributed by atoms with van der Waals surface area (Å²) in [6.45, 7) is 0. The lowest BCUT2D eigenvalue weighted by molar-refractivity contribution is -0.113. The van der Waals surface area contributed by atoms with E-state index in [1.165, 1.54) is 25.4 Å². The van der Waals surface area contributed by atoms with Gasteiger partial charge in [0.25, 0.3) is 15.9 Å². The molecule has 1 aliphatic heterocycles. The number of aliphatic hydroxyl groups is 2. The molecule has 0 bridgehead atoms. The van der Waals surface area contributed by atoms with E-state index >= 15 is 0 Å². The molecule has 1 aromatic carbocycles. The van der Waals surface area contributed by atoms with Crippen molar-refractivity contribution in [3.8, 4) is 0 Å². The van der Waals surface area contributed by atoms with Gasteiger partial charge in [0, 0.05) is 25.9 Å². The molecular formula is C16H17N3O5S. The molecule has 0 aliphatic carbocycles. The predicted molar refractivity (Wildman–Crippen MR) is 91.9 cm³/mol. The van der Waals surface area contributed by atoms with E-state index in [2.05, 4.69) is 10.3 Å². The number of nitrogens with one attached hydrogen (secondary N) is 1. The number of aromatic nitrogens is 1. The summed E-state index contributed by atoms with van der Waals surface area (Å²) >= 11 is 0. The van der Waals surface area contributed by atoms with Crippen LogP contribution < -0.4 is 5.32 Å². The Kier molecular flexibility index (Phi) is 5.40. The highest BCUT2D eigenvalue weighted by Gasteiger charge is 2.37. The second-order valence-corrected chi connectivity index (χ2v) is 6.77. The molecule has 0 radical (unpaired) electrons. The highest BCUT2D eigenvalue weighted by molar-refractivity contribution is 7.89. The smallest absolute Gasteiger partial charge is 0.277 e. The third-order valence-corrected chi connectivity index (χ3v) is 5.26. The van der Waals surface area contributed by atoms with Crippen molar-refractivity contribution in [2.75, 3.05) is 19.5 Å². The number of benzene rings is 1. The minimum Gasteiger partial charge on any atom is -0.505 e. The molecule has 3 rings (SSSR count). The number of nitrogens with zero attached hydrogens (tertiary/aromatic N) is 2. The van der Waals surface area contributed by atoms with Crippen LogP contribution in [-0.2, 0) is 14.8 Å². The van der Waals surface area contributed by atoms with E-state index < -0.39 is 21.7 Å². The van der Waals surface area contributed by atoms with Crippen molar-refractivity contribution >= 4 is 27.5 Å². The molecule has 0 saturated carbocycles. The Morgan fingerprint density at radius 2 is 1.76 bits per heavy atom. The van der Waals surface area contributed by atoms with Gasteiger partial charge in [-0.05, 0) is 24.3 Å². The zero-order chi connectivity index (χ0) is 18.6.